The van der Waals surface area contributed by atoms with Gasteiger partial charge in [-0.15, -0.1) is 0 Å². The maximum Gasteiger partial charge on any atom is 0.223 e. The highest BCUT2D eigenvalue weighted by atomic mass is 35.5. The highest BCUT2D eigenvalue weighted by Gasteiger charge is 2.42. The number of ether oxygens (including phenoxy) is 1. The number of halogens is 1. The van der Waals surface area contributed by atoms with Gasteiger partial charge in [-0.25, -0.2) is 9.97 Å². The summed E-state index contributed by atoms with van der Waals surface area (Å²) < 4.78 is 6.04. The van der Waals surface area contributed by atoms with E-state index >= 15 is 0 Å². The molecule has 2 aliphatic rings. The number of nitrogens with zero attached hydrogens (tertiary/aromatic N) is 2. The minimum absolute atomic E-state index is 0.228. The molecule has 2 saturated carbocycles. The predicted molar refractivity (Wildman–Crippen MR) is 89.7 cm³/mol. The zero-order valence-electron chi connectivity index (χ0n) is 13.4. The zero-order valence-corrected chi connectivity index (χ0v) is 14.2. The van der Waals surface area contributed by atoms with Crippen LogP contribution in [-0.2, 0) is 5.60 Å². The Morgan fingerprint density at radius 3 is 2.61 bits per heavy atom. The van der Waals surface area contributed by atoms with E-state index in [4.69, 9.17) is 16.3 Å². The molecule has 2 heterocycles. The molecule has 5 heteroatoms. The van der Waals surface area contributed by atoms with E-state index in [0.717, 1.165) is 42.0 Å². The lowest BCUT2D eigenvalue weighted by molar-refractivity contribution is 0.0339. The van der Waals surface area contributed by atoms with Gasteiger partial charge >= 0.3 is 0 Å². The Hall–Kier alpha value is -1.39. The summed E-state index contributed by atoms with van der Waals surface area (Å²) in [5, 5.41) is 13.1. The third kappa shape index (κ3) is 2.68. The molecule has 0 radical (unpaired) electrons. The fourth-order valence-corrected chi connectivity index (χ4v) is 3.69. The van der Waals surface area contributed by atoms with Gasteiger partial charge in [0.05, 0.1) is 11.0 Å². The maximum absolute atomic E-state index is 10.9. The van der Waals surface area contributed by atoms with E-state index in [-0.39, 0.29) is 6.10 Å². The molecule has 0 bridgehead atoms. The van der Waals surface area contributed by atoms with Gasteiger partial charge in [-0.2, -0.15) is 0 Å². The number of rotatable bonds is 4. The Bertz CT molecular complexity index is 752. The minimum atomic E-state index is -0.889. The predicted octanol–water partition coefficient (Wildman–Crippen LogP) is 4.08. The third-order valence-corrected chi connectivity index (χ3v) is 5.44. The lowest BCUT2D eigenvalue weighted by atomic mass is 9.84. The molecule has 4 nitrogen and oxygen atoms in total. The van der Waals surface area contributed by atoms with Crippen molar-refractivity contribution in [2.75, 3.05) is 0 Å². The number of aromatic nitrogens is 2. The molecule has 2 aromatic rings. The van der Waals surface area contributed by atoms with Crippen molar-refractivity contribution in [3.8, 4) is 5.88 Å². The summed E-state index contributed by atoms with van der Waals surface area (Å²) in [6.45, 7) is 4.09. The van der Waals surface area contributed by atoms with Crippen molar-refractivity contribution < 1.29 is 9.84 Å². The van der Waals surface area contributed by atoms with E-state index in [1.165, 1.54) is 0 Å². The van der Waals surface area contributed by atoms with Gasteiger partial charge < -0.3 is 9.84 Å². The van der Waals surface area contributed by atoms with Crippen molar-refractivity contribution >= 4 is 22.4 Å². The molecule has 0 aromatic carbocycles. The van der Waals surface area contributed by atoms with Crippen molar-refractivity contribution in [2.45, 2.75) is 51.2 Å². The quantitative estimate of drug-likeness (QED) is 0.857. The average Bonchev–Trinajstić information content (AvgIpc) is 3.30. The first-order valence-corrected chi connectivity index (χ1v) is 8.66. The largest absolute Gasteiger partial charge is 0.474 e. The van der Waals surface area contributed by atoms with Crippen LogP contribution in [-0.4, -0.2) is 21.2 Å². The molecule has 2 aliphatic carbocycles. The van der Waals surface area contributed by atoms with Crippen molar-refractivity contribution in [3.05, 3.63) is 29.2 Å². The van der Waals surface area contributed by atoms with Crippen molar-refractivity contribution in [1.29, 1.82) is 0 Å². The second-order valence-corrected chi connectivity index (χ2v) is 7.66. The molecule has 0 spiro atoms. The fraction of sp³-hybridized carbons (Fsp3) is 0.556. The fourth-order valence-electron chi connectivity index (χ4n) is 3.53. The summed E-state index contributed by atoms with van der Waals surface area (Å²) in [5.74, 6) is 1.60. The van der Waals surface area contributed by atoms with Crippen LogP contribution < -0.4 is 4.74 Å². The summed E-state index contributed by atoms with van der Waals surface area (Å²) in [5.41, 5.74) is -0.0759. The Kier molecular flexibility index (Phi) is 3.50. The Morgan fingerprint density at radius 1 is 1.22 bits per heavy atom. The van der Waals surface area contributed by atoms with E-state index in [0.29, 0.717) is 22.9 Å². The Labute approximate surface area is 140 Å². The molecular formula is C18H21ClN2O2. The molecule has 4 rings (SSSR count). The molecule has 0 saturated heterocycles. The third-order valence-electron chi connectivity index (χ3n) is 5.23. The monoisotopic (exact) mass is 332 g/mol. The smallest absolute Gasteiger partial charge is 0.223 e. The van der Waals surface area contributed by atoms with Crippen LogP contribution in [0.5, 0.6) is 5.88 Å². The van der Waals surface area contributed by atoms with E-state index < -0.39 is 5.60 Å². The Balaban J connectivity index is 1.78. The van der Waals surface area contributed by atoms with Gasteiger partial charge in [-0.05, 0) is 55.9 Å². The highest BCUT2D eigenvalue weighted by Crippen LogP contribution is 2.48. The molecule has 1 unspecified atom stereocenters. The highest BCUT2D eigenvalue weighted by molar-refractivity contribution is 6.30. The number of hydrogen-bond donors (Lipinski definition) is 1. The second kappa shape index (κ2) is 5.32. The van der Waals surface area contributed by atoms with Crippen molar-refractivity contribution in [3.63, 3.8) is 0 Å². The lowest BCUT2D eigenvalue weighted by Crippen LogP contribution is -2.32. The minimum Gasteiger partial charge on any atom is -0.474 e. The SMILES string of the molecule is CC1CC(Oc2ncc(C(C)(O)C3CC3)c3cc(Cl)ncc23)C1. The number of fused-ring (bicyclic) bond motifs is 1. The van der Waals surface area contributed by atoms with Gasteiger partial charge in [0.2, 0.25) is 5.88 Å². The number of aliphatic hydroxyl groups is 1. The average molecular weight is 333 g/mol. The Morgan fingerprint density at radius 2 is 1.96 bits per heavy atom. The molecule has 23 heavy (non-hydrogen) atoms. The molecule has 1 atom stereocenters. The van der Waals surface area contributed by atoms with Crippen molar-refractivity contribution in [2.24, 2.45) is 11.8 Å². The molecule has 0 amide bonds. The van der Waals surface area contributed by atoms with E-state index in [2.05, 4.69) is 16.9 Å². The first-order chi connectivity index (χ1) is 10.9. The summed E-state index contributed by atoms with van der Waals surface area (Å²) in [7, 11) is 0. The van der Waals surface area contributed by atoms with Crippen LogP contribution in [0.15, 0.2) is 18.5 Å². The van der Waals surface area contributed by atoms with E-state index in [9.17, 15) is 5.11 Å². The molecule has 2 fully saturated rings. The summed E-state index contributed by atoms with van der Waals surface area (Å²) in [6, 6.07) is 1.81. The molecule has 0 aliphatic heterocycles. The summed E-state index contributed by atoms with van der Waals surface area (Å²) in [4.78, 5) is 8.68. The van der Waals surface area contributed by atoms with Crippen LogP contribution in [0.3, 0.4) is 0 Å². The van der Waals surface area contributed by atoms with Gasteiger partial charge in [-0.1, -0.05) is 18.5 Å². The van der Waals surface area contributed by atoms with E-state index in [1.54, 1.807) is 18.5 Å². The lowest BCUT2D eigenvalue weighted by Gasteiger charge is -2.33. The van der Waals surface area contributed by atoms with Gasteiger partial charge in [0.15, 0.2) is 0 Å². The molecular weight excluding hydrogens is 312 g/mol. The van der Waals surface area contributed by atoms with Crippen LogP contribution in [0.1, 0.15) is 45.1 Å². The van der Waals surface area contributed by atoms with Crippen LogP contribution in [0.25, 0.3) is 10.8 Å². The second-order valence-electron chi connectivity index (χ2n) is 7.27. The van der Waals surface area contributed by atoms with Crippen LogP contribution in [0, 0.1) is 11.8 Å². The maximum atomic E-state index is 10.9. The van der Waals surface area contributed by atoms with Gasteiger partial charge in [-0.3, -0.25) is 0 Å². The molecule has 122 valence electrons. The van der Waals surface area contributed by atoms with Gasteiger partial charge in [0.1, 0.15) is 11.3 Å². The summed E-state index contributed by atoms with van der Waals surface area (Å²) >= 11 is 6.10. The topological polar surface area (TPSA) is 55.2 Å². The van der Waals surface area contributed by atoms with E-state index in [1.807, 2.05) is 6.92 Å². The first-order valence-electron chi connectivity index (χ1n) is 8.29. The molecule has 1 N–H and O–H groups in total. The van der Waals surface area contributed by atoms with Gasteiger partial charge in [0.25, 0.3) is 0 Å². The van der Waals surface area contributed by atoms with Crippen LogP contribution >= 0.6 is 11.6 Å². The van der Waals surface area contributed by atoms with Crippen LogP contribution in [0.4, 0.5) is 0 Å². The van der Waals surface area contributed by atoms with Gasteiger partial charge in [0, 0.05) is 18.0 Å². The zero-order chi connectivity index (χ0) is 16.2. The normalized spacial score (nSPS) is 26.6. The first kappa shape index (κ1) is 15.2. The number of pyridine rings is 2. The standard InChI is InChI=1S/C18H21ClN2O2/c1-10-5-12(6-10)23-17-14-8-20-16(19)7-13(14)15(9-21-17)18(2,22)11-3-4-11/h7-12,22H,3-6H2,1-2H3. The van der Waals surface area contributed by atoms with Crippen molar-refractivity contribution in [1.82, 2.24) is 9.97 Å². The number of hydrogen-bond acceptors (Lipinski definition) is 4. The molecule has 2 aromatic heterocycles. The van der Waals surface area contributed by atoms with Crippen LogP contribution in [0.2, 0.25) is 5.15 Å². The summed E-state index contributed by atoms with van der Waals surface area (Å²) in [6.07, 6.45) is 7.89.